The molecule has 78 valence electrons. The van der Waals surface area contributed by atoms with Crippen LogP contribution < -0.4 is 5.73 Å². The number of nitrogens with two attached hydrogens (primary N) is 1. The van der Waals surface area contributed by atoms with Gasteiger partial charge in [0.05, 0.1) is 10.6 Å². The summed E-state index contributed by atoms with van der Waals surface area (Å²) in [5.41, 5.74) is 4.98. The van der Waals surface area contributed by atoms with Crippen LogP contribution in [0, 0.1) is 11.6 Å². The van der Waals surface area contributed by atoms with Crippen molar-refractivity contribution < 1.29 is 8.78 Å². The zero-order valence-electron chi connectivity index (χ0n) is 7.39. The molecule has 1 heterocycles. The van der Waals surface area contributed by atoms with Crippen LogP contribution in [0.25, 0.3) is 11.3 Å². The highest BCUT2D eigenvalue weighted by Gasteiger charge is 2.18. The Morgan fingerprint density at radius 1 is 1.33 bits per heavy atom. The quantitative estimate of drug-likeness (QED) is 0.790. The van der Waals surface area contributed by atoms with E-state index in [0.29, 0.717) is 0 Å². The van der Waals surface area contributed by atoms with Gasteiger partial charge in [-0.2, -0.15) is 5.10 Å². The average molecular weight is 230 g/mol. The summed E-state index contributed by atoms with van der Waals surface area (Å²) in [7, 11) is 0. The molecule has 0 atom stereocenters. The average Bonchev–Trinajstić information content (AvgIpc) is 2.49. The molecule has 1 aromatic carbocycles. The smallest absolute Gasteiger partial charge is 0.192 e. The molecular weight excluding hydrogens is 224 g/mol. The Morgan fingerprint density at radius 3 is 2.60 bits per heavy atom. The third-order valence-electron chi connectivity index (χ3n) is 1.95. The molecule has 0 spiro atoms. The summed E-state index contributed by atoms with van der Waals surface area (Å²) >= 11 is 5.75. The Labute approximate surface area is 88.9 Å². The van der Waals surface area contributed by atoms with Gasteiger partial charge in [0, 0.05) is 0 Å². The van der Waals surface area contributed by atoms with Gasteiger partial charge in [-0.3, -0.25) is 5.10 Å². The second kappa shape index (κ2) is 3.51. The first-order valence-corrected chi connectivity index (χ1v) is 4.42. The summed E-state index contributed by atoms with van der Waals surface area (Å²) < 4.78 is 26.7. The largest absolute Gasteiger partial charge is 0.380 e. The van der Waals surface area contributed by atoms with Crippen molar-refractivity contribution in [2.24, 2.45) is 0 Å². The Balaban J connectivity index is 2.69. The lowest BCUT2D eigenvalue weighted by Crippen LogP contribution is -1.90. The molecule has 0 fully saturated rings. The number of H-pyrrole nitrogens is 1. The van der Waals surface area contributed by atoms with Crippen molar-refractivity contribution in [3.63, 3.8) is 0 Å². The van der Waals surface area contributed by atoms with E-state index in [2.05, 4.69) is 10.2 Å². The number of aromatic amines is 1. The minimum absolute atomic E-state index is 0.0686. The first-order chi connectivity index (χ1) is 7.11. The highest BCUT2D eigenvalue weighted by atomic mass is 35.5. The van der Waals surface area contributed by atoms with Crippen molar-refractivity contribution in [2.45, 2.75) is 0 Å². The molecule has 15 heavy (non-hydrogen) atoms. The molecular formula is C9H6ClF2N3. The first-order valence-electron chi connectivity index (χ1n) is 4.05. The molecule has 2 aromatic rings. The zero-order chi connectivity index (χ0) is 11.0. The van der Waals surface area contributed by atoms with Gasteiger partial charge in [-0.25, -0.2) is 8.78 Å². The molecule has 0 aliphatic heterocycles. The van der Waals surface area contributed by atoms with Crippen LogP contribution in [0.1, 0.15) is 0 Å². The Bertz CT molecular complexity index is 490. The standard InChI is InChI=1S/C9H6ClF2N3/c10-4-2-1-3-5(11)6(4)8-7(12)9(13)15-14-8/h1-3H,(H3,13,14,15). The van der Waals surface area contributed by atoms with Gasteiger partial charge in [0.2, 0.25) is 0 Å². The van der Waals surface area contributed by atoms with E-state index in [4.69, 9.17) is 17.3 Å². The van der Waals surface area contributed by atoms with Gasteiger partial charge in [-0.05, 0) is 12.1 Å². The van der Waals surface area contributed by atoms with Crippen LogP contribution in [-0.2, 0) is 0 Å². The Morgan fingerprint density at radius 2 is 2.07 bits per heavy atom. The van der Waals surface area contributed by atoms with Crippen molar-refractivity contribution in [3.8, 4) is 11.3 Å². The number of halogens is 3. The molecule has 0 amide bonds. The summed E-state index contributed by atoms with van der Waals surface area (Å²) in [4.78, 5) is 0. The maximum Gasteiger partial charge on any atom is 0.192 e. The van der Waals surface area contributed by atoms with Gasteiger partial charge in [0.25, 0.3) is 0 Å². The number of hydrogen-bond donors (Lipinski definition) is 2. The highest BCUT2D eigenvalue weighted by Crippen LogP contribution is 2.32. The van der Waals surface area contributed by atoms with Crippen LogP contribution in [0.4, 0.5) is 14.6 Å². The van der Waals surface area contributed by atoms with E-state index >= 15 is 0 Å². The van der Waals surface area contributed by atoms with Gasteiger partial charge < -0.3 is 5.73 Å². The van der Waals surface area contributed by atoms with Crippen LogP contribution in [0.5, 0.6) is 0 Å². The van der Waals surface area contributed by atoms with Crippen LogP contribution in [0.2, 0.25) is 5.02 Å². The molecule has 6 heteroatoms. The maximum atomic E-state index is 13.4. The highest BCUT2D eigenvalue weighted by molar-refractivity contribution is 6.33. The number of nitrogens with zero attached hydrogens (tertiary/aromatic N) is 1. The Hall–Kier alpha value is -1.62. The van der Waals surface area contributed by atoms with Gasteiger partial charge in [0.1, 0.15) is 11.5 Å². The summed E-state index contributed by atoms with van der Waals surface area (Å²) in [5.74, 6) is -1.75. The summed E-state index contributed by atoms with van der Waals surface area (Å²) in [5, 5.41) is 5.82. The van der Waals surface area contributed by atoms with E-state index in [1.54, 1.807) is 0 Å². The molecule has 3 nitrogen and oxygen atoms in total. The lowest BCUT2D eigenvalue weighted by atomic mass is 10.1. The van der Waals surface area contributed by atoms with E-state index in [1.807, 2.05) is 0 Å². The van der Waals surface area contributed by atoms with E-state index < -0.39 is 11.6 Å². The summed E-state index contributed by atoms with van der Waals surface area (Å²) in [6.45, 7) is 0. The SMILES string of the molecule is Nc1n[nH]c(-c2c(F)cccc2Cl)c1F. The lowest BCUT2D eigenvalue weighted by Gasteiger charge is -2.02. The van der Waals surface area contributed by atoms with Crippen molar-refractivity contribution in [3.05, 3.63) is 34.9 Å². The fourth-order valence-corrected chi connectivity index (χ4v) is 1.50. The predicted octanol–water partition coefficient (Wildman–Crippen LogP) is 2.59. The predicted molar refractivity (Wildman–Crippen MR) is 53.4 cm³/mol. The monoisotopic (exact) mass is 229 g/mol. The molecule has 0 unspecified atom stereocenters. The minimum Gasteiger partial charge on any atom is -0.380 e. The van der Waals surface area contributed by atoms with Gasteiger partial charge in [0.15, 0.2) is 11.6 Å². The van der Waals surface area contributed by atoms with Crippen LogP contribution >= 0.6 is 11.6 Å². The van der Waals surface area contributed by atoms with Gasteiger partial charge in [-0.15, -0.1) is 0 Å². The van der Waals surface area contributed by atoms with Crippen LogP contribution in [0.15, 0.2) is 18.2 Å². The number of rotatable bonds is 1. The van der Waals surface area contributed by atoms with Crippen molar-refractivity contribution in [2.75, 3.05) is 5.73 Å². The van der Waals surface area contributed by atoms with Crippen LogP contribution in [0.3, 0.4) is 0 Å². The van der Waals surface area contributed by atoms with Crippen molar-refractivity contribution >= 4 is 17.4 Å². The van der Waals surface area contributed by atoms with Crippen LogP contribution in [-0.4, -0.2) is 10.2 Å². The fourth-order valence-electron chi connectivity index (χ4n) is 1.24. The molecule has 0 radical (unpaired) electrons. The third kappa shape index (κ3) is 1.55. The summed E-state index contributed by atoms with van der Waals surface area (Å²) in [6, 6.07) is 4.06. The second-order valence-corrected chi connectivity index (χ2v) is 3.30. The molecule has 0 aliphatic rings. The van der Waals surface area contributed by atoms with E-state index in [9.17, 15) is 8.78 Å². The molecule has 1 aromatic heterocycles. The molecule has 0 bridgehead atoms. The number of aromatic nitrogens is 2. The minimum atomic E-state index is -0.804. The number of nitrogen functional groups attached to an aromatic ring is 1. The number of nitrogens with one attached hydrogen (secondary N) is 1. The lowest BCUT2D eigenvalue weighted by molar-refractivity contribution is 0.618. The van der Waals surface area contributed by atoms with Crippen molar-refractivity contribution in [1.82, 2.24) is 10.2 Å². The molecule has 0 saturated heterocycles. The number of anilines is 1. The fraction of sp³-hybridized carbons (Fsp3) is 0. The first kappa shape index (κ1) is 9.92. The molecule has 0 aliphatic carbocycles. The molecule has 0 saturated carbocycles. The topological polar surface area (TPSA) is 54.7 Å². The van der Waals surface area contributed by atoms with E-state index in [1.165, 1.54) is 18.2 Å². The number of benzene rings is 1. The van der Waals surface area contributed by atoms with E-state index in [0.717, 1.165) is 0 Å². The molecule has 2 rings (SSSR count). The third-order valence-corrected chi connectivity index (χ3v) is 2.26. The van der Waals surface area contributed by atoms with Gasteiger partial charge in [-0.1, -0.05) is 17.7 Å². The summed E-state index contributed by atoms with van der Waals surface area (Å²) in [6.07, 6.45) is 0. The van der Waals surface area contributed by atoms with Gasteiger partial charge >= 0.3 is 0 Å². The van der Waals surface area contributed by atoms with Crippen molar-refractivity contribution in [1.29, 1.82) is 0 Å². The second-order valence-electron chi connectivity index (χ2n) is 2.89. The molecule has 3 N–H and O–H groups in total. The van der Waals surface area contributed by atoms with E-state index in [-0.39, 0.29) is 22.1 Å². The number of hydrogen-bond acceptors (Lipinski definition) is 2. The maximum absolute atomic E-state index is 13.4. The normalized spacial score (nSPS) is 10.6. The zero-order valence-corrected chi connectivity index (χ0v) is 8.15. The Kier molecular flexibility index (Phi) is 2.32.